The third-order valence-corrected chi connectivity index (χ3v) is 8.24. The molecule has 0 bridgehead atoms. The zero-order valence-corrected chi connectivity index (χ0v) is 26.1. The Labute approximate surface area is 260 Å². The number of carbonyl (C=O) groups is 2. The summed E-state index contributed by atoms with van der Waals surface area (Å²) in [5.74, 6) is -3.40. The van der Waals surface area contributed by atoms with Gasteiger partial charge in [-0.15, -0.1) is 0 Å². The molecule has 3 aromatic carbocycles. The second-order valence-electron chi connectivity index (χ2n) is 10.4. The van der Waals surface area contributed by atoms with Crippen LogP contribution >= 0.6 is 0 Å². The molecule has 0 spiro atoms. The number of ether oxygens (including phenoxy) is 2. The third-order valence-electron chi connectivity index (χ3n) is 7.04. The molecular weight excluding hydrogens is 612 g/mol. The van der Waals surface area contributed by atoms with Crippen LogP contribution in [0.3, 0.4) is 0 Å². The van der Waals surface area contributed by atoms with Crippen molar-refractivity contribution in [3.63, 3.8) is 0 Å². The van der Waals surface area contributed by atoms with E-state index in [2.05, 4.69) is 10.6 Å². The van der Waals surface area contributed by atoms with Gasteiger partial charge in [0.2, 0.25) is 10.0 Å². The molecule has 4 N–H and O–H groups in total. The molecule has 0 aliphatic heterocycles. The van der Waals surface area contributed by atoms with Crippen LogP contribution in [0.2, 0.25) is 0 Å². The number of nitrogens with one attached hydrogen (secondary N) is 2. The van der Waals surface area contributed by atoms with Crippen LogP contribution in [0, 0.1) is 11.6 Å². The molecule has 11 nitrogen and oxygen atoms in total. The number of anilines is 1. The van der Waals surface area contributed by atoms with E-state index in [0.29, 0.717) is 6.07 Å². The van der Waals surface area contributed by atoms with Crippen molar-refractivity contribution in [2.45, 2.75) is 37.6 Å². The second kappa shape index (κ2) is 15.8. The monoisotopic (exact) mass is 649 g/mol. The molecule has 0 aliphatic carbocycles. The number of hydrogen-bond donors (Lipinski definition) is 4. The number of aliphatic hydroxyl groups is 2. The van der Waals surface area contributed by atoms with Gasteiger partial charge in [0.1, 0.15) is 24.0 Å². The quantitative estimate of drug-likeness (QED) is 0.196. The standard InChI is InChI=1S/C31H37F2N3O8S/c1-19(20-8-6-5-7-9-20)34-30(39)21-10-22(12-25(11-21)36(2)45(4,41)42)31(40)35-28(29(38)16-27(17-37)43-3)18-44-26-14-23(32)13-24(33)15-26/h5-15,19,27-29,37-38H,16-18H2,1-4H3,(H,34,39)(H,35,40)/t19-,27-,28+,29?/m1/s1. The molecule has 14 heteroatoms. The van der Waals surface area contributed by atoms with Crippen LogP contribution in [-0.2, 0) is 14.8 Å². The van der Waals surface area contributed by atoms with Gasteiger partial charge in [0.05, 0.1) is 42.8 Å². The lowest BCUT2D eigenvalue weighted by Gasteiger charge is -2.27. The first kappa shape index (κ1) is 35.4. The zero-order valence-electron chi connectivity index (χ0n) is 25.2. The summed E-state index contributed by atoms with van der Waals surface area (Å²) in [7, 11) is -1.21. The van der Waals surface area contributed by atoms with Crippen molar-refractivity contribution in [2.24, 2.45) is 0 Å². The molecule has 2 amide bonds. The summed E-state index contributed by atoms with van der Waals surface area (Å²) in [6.07, 6.45) is -1.37. The SMILES string of the molecule is CO[C@@H](CO)CC(O)[C@H](COc1cc(F)cc(F)c1)NC(=O)c1cc(C(=O)N[C@H](C)c2ccccc2)cc(N(C)S(C)(=O)=O)c1. The predicted molar refractivity (Wildman–Crippen MR) is 164 cm³/mol. The third kappa shape index (κ3) is 10.2. The average Bonchev–Trinajstić information content (AvgIpc) is 3.00. The minimum Gasteiger partial charge on any atom is -0.491 e. The Kier molecular flexibility index (Phi) is 12.4. The van der Waals surface area contributed by atoms with Gasteiger partial charge in [-0.2, -0.15) is 0 Å². The molecule has 0 radical (unpaired) electrons. The fraction of sp³-hybridized carbons (Fsp3) is 0.355. The van der Waals surface area contributed by atoms with Gasteiger partial charge < -0.3 is 30.3 Å². The fourth-order valence-electron chi connectivity index (χ4n) is 4.33. The van der Waals surface area contributed by atoms with E-state index in [4.69, 9.17) is 9.47 Å². The Morgan fingerprint density at radius 3 is 2.07 bits per heavy atom. The number of aliphatic hydroxyl groups excluding tert-OH is 2. The van der Waals surface area contributed by atoms with E-state index in [-0.39, 0.29) is 29.0 Å². The smallest absolute Gasteiger partial charge is 0.251 e. The Morgan fingerprint density at radius 2 is 1.53 bits per heavy atom. The number of hydrogen-bond acceptors (Lipinski definition) is 8. The molecule has 3 aromatic rings. The van der Waals surface area contributed by atoms with E-state index in [9.17, 15) is 37.0 Å². The summed E-state index contributed by atoms with van der Waals surface area (Å²) in [4.78, 5) is 26.9. The molecule has 0 aliphatic rings. The van der Waals surface area contributed by atoms with Crippen molar-refractivity contribution in [1.82, 2.24) is 10.6 Å². The van der Waals surface area contributed by atoms with Crippen molar-refractivity contribution >= 4 is 27.5 Å². The maximum absolute atomic E-state index is 13.7. The maximum Gasteiger partial charge on any atom is 0.251 e. The lowest BCUT2D eigenvalue weighted by molar-refractivity contribution is -0.00501. The molecule has 0 heterocycles. The molecule has 1 unspecified atom stereocenters. The number of methoxy groups -OCH3 is 1. The molecule has 0 aromatic heterocycles. The Hall–Kier alpha value is -4.11. The summed E-state index contributed by atoms with van der Waals surface area (Å²) in [6, 6.07) is 13.8. The molecule has 45 heavy (non-hydrogen) atoms. The number of halogens is 2. The van der Waals surface area contributed by atoms with Crippen LogP contribution in [0.5, 0.6) is 5.75 Å². The van der Waals surface area contributed by atoms with E-state index >= 15 is 0 Å². The van der Waals surface area contributed by atoms with Gasteiger partial charge in [0.25, 0.3) is 11.8 Å². The van der Waals surface area contributed by atoms with E-state index < -0.39 is 71.0 Å². The Bertz CT molecular complexity index is 1550. The molecule has 0 saturated heterocycles. The first-order valence-corrected chi connectivity index (χ1v) is 15.7. The summed E-state index contributed by atoms with van der Waals surface area (Å²) >= 11 is 0. The lowest BCUT2D eigenvalue weighted by Crippen LogP contribution is -2.48. The lowest BCUT2D eigenvalue weighted by atomic mass is 10.0. The van der Waals surface area contributed by atoms with E-state index in [1.807, 2.05) is 30.3 Å². The van der Waals surface area contributed by atoms with Crippen LogP contribution in [0.25, 0.3) is 0 Å². The van der Waals surface area contributed by atoms with Crippen LogP contribution in [-0.4, -0.2) is 82.3 Å². The van der Waals surface area contributed by atoms with E-state index in [0.717, 1.165) is 28.3 Å². The minimum atomic E-state index is -3.80. The number of amides is 2. The average molecular weight is 650 g/mol. The zero-order chi connectivity index (χ0) is 33.3. The van der Waals surface area contributed by atoms with Crippen molar-refractivity contribution in [2.75, 3.05) is 37.9 Å². The van der Waals surface area contributed by atoms with Crippen molar-refractivity contribution in [3.8, 4) is 5.75 Å². The minimum absolute atomic E-state index is 0.0146. The van der Waals surface area contributed by atoms with Crippen molar-refractivity contribution in [1.29, 1.82) is 0 Å². The molecule has 244 valence electrons. The predicted octanol–water partition coefficient (Wildman–Crippen LogP) is 2.79. The van der Waals surface area contributed by atoms with E-state index in [1.54, 1.807) is 6.92 Å². The highest BCUT2D eigenvalue weighted by Gasteiger charge is 2.27. The largest absolute Gasteiger partial charge is 0.491 e. The van der Waals surface area contributed by atoms with Crippen LogP contribution < -0.4 is 19.7 Å². The molecule has 0 fully saturated rings. The first-order valence-electron chi connectivity index (χ1n) is 13.9. The van der Waals surface area contributed by atoms with Gasteiger partial charge in [0.15, 0.2) is 0 Å². The summed E-state index contributed by atoms with van der Waals surface area (Å²) < 4.78 is 63.6. The molecule has 0 saturated carbocycles. The number of carbonyl (C=O) groups excluding carboxylic acids is 2. The summed E-state index contributed by atoms with van der Waals surface area (Å²) in [6.45, 7) is 0.871. The highest BCUT2D eigenvalue weighted by atomic mass is 32.2. The van der Waals surface area contributed by atoms with Crippen LogP contribution in [0.4, 0.5) is 14.5 Å². The number of nitrogens with zero attached hydrogens (tertiary/aromatic N) is 1. The summed E-state index contributed by atoms with van der Waals surface area (Å²) in [5.41, 5.74) is 0.700. The highest BCUT2D eigenvalue weighted by molar-refractivity contribution is 7.92. The molecule has 3 rings (SSSR count). The van der Waals surface area contributed by atoms with Gasteiger partial charge in [0, 0.05) is 49.9 Å². The van der Waals surface area contributed by atoms with Gasteiger partial charge in [-0.1, -0.05) is 30.3 Å². The van der Waals surface area contributed by atoms with Gasteiger partial charge in [-0.25, -0.2) is 17.2 Å². The fourth-order valence-corrected chi connectivity index (χ4v) is 4.82. The topological polar surface area (TPSA) is 154 Å². The first-order chi connectivity index (χ1) is 21.2. The van der Waals surface area contributed by atoms with Crippen molar-refractivity contribution in [3.05, 3.63) is 95.1 Å². The van der Waals surface area contributed by atoms with Gasteiger partial charge in [-0.3, -0.25) is 13.9 Å². The molecule has 4 atom stereocenters. The maximum atomic E-state index is 13.7. The van der Waals surface area contributed by atoms with Gasteiger partial charge in [-0.05, 0) is 30.7 Å². The second-order valence-corrected chi connectivity index (χ2v) is 12.5. The van der Waals surface area contributed by atoms with Crippen LogP contribution in [0.1, 0.15) is 45.7 Å². The number of rotatable bonds is 15. The van der Waals surface area contributed by atoms with Gasteiger partial charge >= 0.3 is 0 Å². The summed E-state index contributed by atoms with van der Waals surface area (Å²) in [5, 5.41) is 25.9. The van der Waals surface area contributed by atoms with Crippen molar-refractivity contribution < 1.29 is 46.5 Å². The Balaban J connectivity index is 1.94. The number of sulfonamides is 1. The Morgan fingerprint density at radius 1 is 0.956 bits per heavy atom. The number of benzene rings is 3. The van der Waals surface area contributed by atoms with E-state index in [1.165, 1.54) is 32.4 Å². The normalized spacial score (nSPS) is 14.1. The van der Waals surface area contributed by atoms with Crippen LogP contribution in [0.15, 0.2) is 66.7 Å². The highest BCUT2D eigenvalue weighted by Crippen LogP contribution is 2.23. The molecular formula is C31H37F2N3O8S.